The predicted molar refractivity (Wildman–Crippen MR) is 40.3 cm³/mol. The van der Waals surface area contributed by atoms with Crippen LogP contribution in [0.2, 0.25) is 5.02 Å². The molecule has 0 aliphatic carbocycles. The maximum atomic E-state index is 12.2. The fourth-order valence-corrected chi connectivity index (χ4v) is 1.24. The minimum Gasteiger partial charge on any atom is -0.166 e. The number of alkyl halides is 6. The molecular formula is C8H2ClF6. The molecule has 0 N–H and O–H groups in total. The van der Waals surface area contributed by atoms with E-state index in [-0.39, 0.29) is 0 Å². The average molecular weight is 248 g/mol. The zero-order chi connectivity index (χ0) is 11.9. The van der Waals surface area contributed by atoms with Crippen molar-refractivity contribution in [2.45, 2.75) is 12.4 Å². The van der Waals surface area contributed by atoms with E-state index in [4.69, 9.17) is 11.6 Å². The second kappa shape index (κ2) is 3.59. The highest BCUT2D eigenvalue weighted by molar-refractivity contribution is 6.31. The van der Waals surface area contributed by atoms with E-state index in [0.29, 0.717) is 12.1 Å². The summed E-state index contributed by atoms with van der Waals surface area (Å²) in [5, 5.41) is -0.992. The van der Waals surface area contributed by atoms with Gasteiger partial charge in [-0.2, -0.15) is 26.3 Å². The van der Waals surface area contributed by atoms with Crippen LogP contribution in [0.15, 0.2) is 12.1 Å². The fraction of sp³-hybridized carbons (Fsp3) is 0.250. The average Bonchev–Trinajstić information content (AvgIpc) is 1.99. The molecule has 0 aromatic heterocycles. The van der Waals surface area contributed by atoms with Gasteiger partial charge in [0.2, 0.25) is 0 Å². The molecule has 15 heavy (non-hydrogen) atoms. The Morgan fingerprint density at radius 3 is 1.87 bits per heavy atom. The van der Waals surface area contributed by atoms with Gasteiger partial charge in [-0.05, 0) is 12.1 Å². The van der Waals surface area contributed by atoms with Crippen LogP contribution >= 0.6 is 11.6 Å². The molecule has 0 aliphatic rings. The zero-order valence-electron chi connectivity index (χ0n) is 6.80. The number of halogens is 7. The smallest absolute Gasteiger partial charge is 0.166 e. The molecular weight excluding hydrogens is 246 g/mol. The summed E-state index contributed by atoms with van der Waals surface area (Å²) in [5.41, 5.74) is -3.80. The highest BCUT2D eigenvalue weighted by Gasteiger charge is 2.44. The molecule has 0 aliphatic heterocycles. The molecule has 1 radical (unpaired) electrons. The maximum Gasteiger partial charge on any atom is 0.418 e. The van der Waals surface area contributed by atoms with Crippen molar-refractivity contribution in [3.63, 3.8) is 0 Å². The Kier molecular flexibility index (Phi) is 2.91. The molecule has 0 saturated carbocycles. The van der Waals surface area contributed by atoms with E-state index in [9.17, 15) is 26.3 Å². The van der Waals surface area contributed by atoms with Crippen LogP contribution in [0.3, 0.4) is 0 Å². The summed E-state index contributed by atoms with van der Waals surface area (Å²) in [6, 6.07) is 2.90. The molecule has 0 bridgehead atoms. The Balaban J connectivity index is 3.48. The summed E-state index contributed by atoms with van der Waals surface area (Å²) in [4.78, 5) is 0. The summed E-state index contributed by atoms with van der Waals surface area (Å²) < 4.78 is 73.2. The summed E-state index contributed by atoms with van der Waals surface area (Å²) in [7, 11) is 0. The van der Waals surface area contributed by atoms with Gasteiger partial charge in [-0.1, -0.05) is 17.7 Å². The lowest BCUT2D eigenvalue weighted by Gasteiger charge is -2.15. The number of benzene rings is 1. The Hall–Kier alpha value is -0.910. The third-order valence-corrected chi connectivity index (χ3v) is 1.83. The highest BCUT2D eigenvalue weighted by Crippen LogP contribution is 2.43. The van der Waals surface area contributed by atoms with Crippen LogP contribution in [-0.2, 0) is 12.4 Å². The fourth-order valence-electron chi connectivity index (χ4n) is 0.974. The van der Waals surface area contributed by atoms with Crippen LogP contribution in [0.5, 0.6) is 0 Å². The van der Waals surface area contributed by atoms with Crippen molar-refractivity contribution in [1.29, 1.82) is 0 Å². The van der Waals surface area contributed by atoms with Crippen LogP contribution in [-0.4, -0.2) is 0 Å². The minimum atomic E-state index is -5.15. The van der Waals surface area contributed by atoms with Gasteiger partial charge < -0.3 is 0 Å². The van der Waals surface area contributed by atoms with E-state index in [0.717, 1.165) is 0 Å². The monoisotopic (exact) mass is 247 g/mol. The molecule has 0 amide bonds. The number of rotatable bonds is 0. The van der Waals surface area contributed by atoms with Gasteiger partial charge in [0, 0.05) is 0 Å². The Labute approximate surface area is 85.5 Å². The first-order valence-corrected chi connectivity index (χ1v) is 3.86. The van der Waals surface area contributed by atoms with Gasteiger partial charge in [0.15, 0.2) is 0 Å². The Morgan fingerprint density at radius 1 is 1.00 bits per heavy atom. The van der Waals surface area contributed by atoms with Crippen molar-refractivity contribution >= 4 is 11.6 Å². The van der Waals surface area contributed by atoms with Gasteiger partial charge in [0.1, 0.15) is 0 Å². The van der Waals surface area contributed by atoms with Gasteiger partial charge in [0.25, 0.3) is 0 Å². The largest absolute Gasteiger partial charge is 0.418 e. The lowest BCUT2D eigenvalue weighted by Crippen LogP contribution is -2.17. The first-order chi connectivity index (χ1) is 6.64. The third kappa shape index (κ3) is 2.56. The first-order valence-electron chi connectivity index (χ1n) is 3.48. The summed E-state index contributed by atoms with van der Waals surface area (Å²) in [6.07, 6.45) is -10.3. The molecule has 0 unspecified atom stereocenters. The molecule has 0 heterocycles. The van der Waals surface area contributed by atoms with Crippen LogP contribution in [0.1, 0.15) is 11.1 Å². The molecule has 0 saturated heterocycles. The quantitative estimate of drug-likeness (QED) is 0.604. The van der Waals surface area contributed by atoms with E-state index in [1.165, 1.54) is 6.07 Å². The first kappa shape index (κ1) is 12.2. The summed E-state index contributed by atoms with van der Waals surface area (Å²) in [5.74, 6) is 0. The van der Waals surface area contributed by atoms with Crippen molar-refractivity contribution in [3.05, 3.63) is 34.3 Å². The van der Waals surface area contributed by atoms with Gasteiger partial charge >= 0.3 is 12.4 Å². The molecule has 7 heteroatoms. The minimum absolute atomic E-state index is 0.695. The highest BCUT2D eigenvalue weighted by atomic mass is 35.5. The topological polar surface area (TPSA) is 0 Å². The standard InChI is InChI=1S/C8H2ClF6/c9-5-3-1-2-4(7(10,11)12)6(5)8(13,14)15/h1,3H. The molecule has 1 rings (SSSR count). The second-order valence-corrected chi connectivity index (χ2v) is 2.98. The van der Waals surface area contributed by atoms with Crippen molar-refractivity contribution in [1.82, 2.24) is 0 Å². The van der Waals surface area contributed by atoms with E-state index < -0.39 is 28.5 Å². The normalized spacial score (nSPS) is 13.0. The zero-order valence-corrected chi connectivity index (χ0v) is 7.56. The maximum absolute atomic E-state index is 12.2. The van der Waals surface area contributed by atoms with Crippen molar-refractivity contribution in [2.75, 3.05) is 0 Å². The molecule has 1 aromatic rings. The third-order valence-electron chi connectivity index (χ3n) is 1.51. The Morgan fingerprint density at radius 2 is 1.53 bits per heavy atom. The van der Waals surface area contributed by atoms with Gasteiger partial charge in [-0.15, -0.1) is 0 Å². The molecule has 0 nitrogen and oxygen atoms in total. The second-order valence-electron chi connectivity index (χ2n) is 2.57. The predicted octanol–water partition coefficient (Wildman–Crippen LogP) is 4.18. The summed E-state index contributed by atoms with van der Waals surface area (Å²) >= 11 is 5.08. The molecule has 0 fully saturated rings. The van der Waals surface area contributed by atoms with Crippen LogP contribution in [0, 0.1) is 6.07 Å². The van der Waals surface area contributed by atoms with Gasteiger partial charge in [-0.3, -0.25) is 0 Å². The van der Waals surface area contributed by atoms with Gasteiger partial charge in [0.05, 0.1) is 16.1 Å². The summed E-state index contributed by atoms with van der Waals surface area (Å²) in [6.45, 7) is 0. The molecule has 0 atom stereocenters. The number of hydrogen-bond acceptors (Lipinski definition) is 0. The lowest BCUT2D eigenvalue weighted by molar-refractivity contribution is -0.162. The van der Waals surface area contributed by atoms with E-state index in [1.807, 2.05) is 0 Å². The molecule has 1 aromatic carbocycles. The van der Waals surface area contributed by atoms with Crippen molar-refractivity contribution in [3.8, 4) is 0 Å². The van der Waals surface area contributed by atoms with E-state index in [1.54, 1.807) is 0 Å². The van der Waals surface area contributed by atoms with Crippen LogP contribution < -0.4 is 0 Å². The van der Waals surface area contributed by atoms with E-state index >= 15 is 0 Å². The molecule has 0 spiro atoms. The lowest BCUT2D eigenvalue weighted by atomic mass is 10.1. The van der Waals surface area contributed by atoms with Crippen LogP contribution in [0.4, 0.5) is 26.3 Å². The van der Waals surface area contributed by atoms with Crippen molar-refractivity contribution in [2.24, 2.45) is 0 Å². The SMILES string of the molecule is FC(F)(F)c1[c]ccc(Cl)c1C(F)(F)F. The Bertz CT molecular complexity index is 364. The molecule has 83 valence electrons. The number of hydrogen-bond donors (Lipinski definition) is 0. The van der Waals surface area contributed by atoms with Gasteiger partial charge in [-0.25, -0.2) is 0 Å². The van der Waals surface area contributed by atoms with E-state index in [2.05, 4.69) is 0 Å². The van der Waals surface area contributed by atoms with Crippen LogP contribution in [0.25, 0.3) is 0 Å². The van der Waals surface area contributed by atoms with Crippen molar-refractivity contribution < 1.29 is 26.3 Å².